The van der Waals surface area contributed by atoms with Crippen molar-refractivity contribution in [3.63, 3.8) is 0 Å². The molecule has 0 bridgehead atoms. The molecule has 0 saturated heterocycles. The number of hydrogen-bond donors (Lipinski definition) is 0. The lowest BCUT2D eigenvalue weighted by atomic mass is 10.1. The summed E-state index contributed by atoms with van der Waals surface area (Å²) in [6, 6.07) is 11.2. The van der Waals surface area contributed by atoms with Crippen molar-refractivity contribution in [2.24, 2.45) is 4.99 Å². The summed E-state index contributed by atoms with van der Waals surface area (Å²) in [5.74, 6) is 2.13. The van der Waals surface area contributed by atoms with E-state index in [-0.39, 0.29) is 22.5 Å². The summed E-state index contributed by atoms with van der Waals surface area (Å²) >= 11 is 12.0. The molecule has 3 aromatic rings. The summed E-state index contributed by atoms with van der Waals surface area (Å²) in [5, 5.41) is 11.3. The van der Waals surface area contributed by atoms with Crippen molar-refractivity contribution in [3.05, 3.63) is 68.4 Å². The van der Waals surface area contributed by atoms with Crippen molar-refractivity contribution < 1.29 is 18.8 Å². The van der Waals surface area contributed by atoms with Crippen LogP contribution in [-0.4, -0.2) is 17.9 Å². The standard InChI is InChI=1S/C18H10Cl2N2O5/c19-13-7-14(20)15(22(23)24)6-12(13)16-4-2-11(27-16)8-21-10-1-3-17-18(5-10)26-9-25-17/h1-8H,9H2. The third kappa shape index (κ3) is 3.47. The predicted octanol–water partition coefficient (Wildman–Crippen LogP) is 5.64. The molecule has 0 aliphatic carbocycles. The summed E-state index contributed by atoms with van der Waals surface area (Å²) in [5.41, 5.74) is 0.788. The molecule has 0 amide bonds. The van der Waals surface area contributed by atoms with Crippen LogP contribution in [0.1, 0.15) is 5.76 Å². The third-order valence-corrected chi connectivity index (χ3v) is 4.44. The SMILES string of the molecule is O=[N+]([O-])c1cc(-c2ccc(C=Nc3ccc4c(c3)OCO4)o2)c(Cl)cc1Cl. The topological polar surface area (TPSA) is 87.1 Å². The number of benzene rings is 2. The molecule has 0 unspecified atom stereocenters. The highest BCUT2D eigenvalue weighted by Crippen LogP contribution is 2.37. The van der Waals surface area contributed by atoms with E-state index >= 15 is 0 Å². The van der Waals surface area contributed by atoms with Crippen LogP contribution >= 0.6 is 23.2 Å². The van der Waals surface area contributed by atoms with E-state index in [1.165, 1.54) is 18.3 Å². The van der Waals surface area contributed by atoms with E-state index in [0.717, 1.165) is 0 Å². The highest BCUT2D eigenvalue weighted by Gasteiger charge is 2.19. The molecular formula is C18H10Cl2N2O5. The molecule has 0 radical (unpaired) electrons. The van der Waals surface area contributed by atoms with E-state index in [1.807, 2.05) is 0 Å². The predicted molar refractivity (Wildman–Crippen MR) is 101 cm³/mol. The lowest BCUT2D eigenvalue weighted by molar-refractivity contribution is -0.384. The summed E-state index contributed by atoms with van der Waals surface area (Å²) in [6.45, 7) is 0.192. The number of fused-ring (bicyclic) bond motifs is 1. The second-order valence-corrected chi connectivity index (χ2v) is 6.35. The van der Waals surface area contributed by atoms with E-state index in [4.69, 9.17) is 37.1 Å². The van der Waals surface area contributed by atoms with Crippen molar-refractivity contribution in [1.29, 1.82) is 0 Å². The number of rotatable bonds is 4. The van der Waals surface area contributed by atoms with Crippen LogP contribution in [0.2, 0.25) is 10.0 Å². The minimum Gasteiger partial charge on any atom is -0.455 e. The molecule has 4 rings (SSSR count). The van der Waals surface area contributed by atoms with Crippen LogP contribution in [-0.2, 0) is 0 Å². The molecule has 1 aliphatic heterocycles. The van der Waals surface area contributed by atoms with Crippen LogP contribution in [0.5, 0.6) is 11.5 Å². The minimum atomic E-state index is -0.576. The quantitative estimate of drug-likeness (QED) is 0.318. The molecule has 0 atom stereocenters. The highest BCUT2D eigenvalue weighted by atomic mass is 35.5. The normalized spacial score (nSPS) is 12.7. The molecule has 0 spiro atoms. The Morgan fingerprint density at radius 3 is 2.67 bits per heavy atom. The van der Waals surface area contributed by atoms with Gasteiger partial charge in [0, 0.05) is 17.7 Å². The van der Waals surface area contributed by atoms with Crippen molar-refractivity contribution in [2.45, 2.75) is 0 Å². The highest BCUT2D eigenvalue weighted by molar-refractivity contribution is 6.37. The molecule has 2 heterocycles. The zero-order valence-corrected chi connectivity index (χ0v) is 15.0. The Balaban J connectivity index is 1.60. The van der Waals surface area contributed by atoms with Gasteiger partial charge in [0.2, 0.25) is 6.79 Å². The van der Waals surface area contributed by atoms with Crippen molar-refractivity contribution in [2.75, 3.05) is 6.79 Å². The number of halogens is 2. The summed E-state index contributed by atoms with van der Waals surface area (Å²) < 4.78 is 16.2. The summed E-state index contributed by atoms with van der Waals surface area (Å²) in [7, 11) is 0. The van der Waals surface area contributed by atoms with Gasteiger partial charge in [0.25, 0.3) is 5.69 Å². The Morgan fingerprint density at radius 2 is 1.85 bits per heavy atom. The number of nitro benzene ring substituents is 1. The van der Waals surface area contributed by atoms with Gasteiger partial charge in [-0.2, -0.15) is 0 Å². The smallest absolute Gasteiger partial charge is 0.288 e. The molecule has 2 aromatic carbocycles. The fourth-order valence-corrected chi connectivity index (χ4v) is 3.08. The summed E-state index contributed by atoms with van der Waals surface area (Å²) in [6.07, 6.45) is 1.53. The number of ether oxygens (including phenoxy) is 2. The molecule has 0 fully saturated rings. The Hall–Kier alpha value is -3.03. The van der Waals surface area contributed by atoms with Crippen LogP contribution < -0.4 is 9.47 Å². The van der Waals surface area contributed by atoms with Gasteiger partial charge in [-0.05, 0) is 30.3 Å². The zero-order chi connectivity index (χ0) is 19.0. The molecular weight excluding hydrogens is 395 g/mol. The first kappa shape index (κ1) is 17.4. The summed E-state index contributed by atoms with van der Waals surface area (Å²) in [4.78, 5) is 14.8. The fraction of sp³-hybridized carbons (Fsp3) is 0.0556. The van der Waals surface area contributed by atoms with E-state index < -0.39 is 4.92 Å². The fourth-order valence-electron chi connectivity index (χ4n) is 2.54. The van der Waals surface area contributed by atoms with Crippen LogP contribution in [0.3, 0.4) is 0 Å². The van der Waals surface area contributed by atoms with E-state index in [0.29, 0.717) is 34.3 Å². The van der Waals surface area contributed by atoms with Crippen LogP contribution in [0, 0.1) is 10.1 Å². The maximum absolute atomic E-state index is 11.1. The maximum Gasteiger partial charge on any atom is 0.288 e. The van der Waals surface area contributed by atoms with Gasteiger partial charge in [0.1, 0.15) is 16.5 Å². The third-order valence-electron chi connectivity index (χ3n) is 3.82. The van der Waals surface area contributed by atoms with Crippen molar-refractivity contribution in [1.82, 2.24) is 0 Å². The molecule has 0 N–H and O–H groups in total. The molecule has 27 heavy (non-hydrogen) atoms. The van der Waals surface area contributed by atoms with Gasteiger partial charge in [0.05, 0.1) is 21.8 Å². The number of nitro groups is 1. The van der Waals surface area contributed by atoms with Crippen molar-refractivity contribution >= 4 is 40.8 Å². The van der Waals surface area contributed by atoms with Crippen LogP contribution in [0.25, 0.3) is 11.3 Å². The minimum absolute atomic E-state index is 0.0371. The van der Waals surface area contributed by atoms with Crippen LogP contribution in [0.15, 0.2) is 51.9 Å². The molecule has 1 aromatic heterocycles. The maximum atomic E-state index is 11.1. The van der Waals surface area contributed by atoms with Gasteiger partial charge < -0.3 is 13.9 Å². The molecule has 9 heteroatoms. The van der Waals surface area contributed by atoms with Gasteiger partial charge in [0.15, 0.2) is 11.5 Å². The Kier molecular flexibility index (Phi) is 4.47. The largest absolute Gasteiger partial charge is 0.455 e. The lowest BCUT2D eigenvalue weighted by Gasteiger charge is -2.02. The molecule has 7 nitrogen and oxygen atoms in total. The molecule has 1 aliphatic rings. The van der Waals surface area contributed by atoms with E-state index in [9.17, 15) is 10.1 Å². The average molecular weight is 405 g/mol. The van der Waals surface area contributed by atoms with Gasteiger partial charge in [-0.25, -0.2) is 0 Å². The first-order chi connectivity index (χ1) is 13.0. The Morgan fingerprint density at radius 1 is 1.04 bits per heavy atom. The average Bonchev–Trinajstić information content (AvgIpc) is 3.28. The second kappa shape index (κ2) is 6.94. The van der Waals surface area contributed by atoms with Gasteiger partial charge in [-0.1, -0.05) is 23.2 Å². The number of hydrogen-bond acceptors (Lipinski definition) is 6. The molecule has 136 valence electrons. The Labute approximate surface area is 162 Å². The monoisotopic (exact) mass is 404 g/mol. The van der Waals surface area contributed by atoms with Crippen molar-refractivity contribution in [3.8, 4) is 22.8 Å². The van der Waals surface area contributed by atoms with E-state index in [1.54, 1.807) is 30.3 Å². The van der Waals surface area contributed by atoms with E-state index in [2.05, 4.69) is 4.99 Å². The number of aliphatic imine (C=N–C) groups is 1. The van der Waals surface area contributed by atoms with Gasteiger partial charge >= 0.3 is 0 Å². The number of nitrogens with zero attached hydrogens (tertiary/aromatic N) is 2. The van der Waals surface area contributed by atoms with Gasteiger partial charge in [-0.3, -0.25) is 15.1 Å². The Bertz CT molecular complexity index is 1080. The molecule has 0 saturated carbocycles. The zero-order valence-electron chi connectivity index (χ0n) is 13.5. The van der Waals surface area contributed by atoms with Gasteiger partial charge in [-0.15, -0.1) is 0 Å². The first-order valence-corrected chi connectivity index (χ1v) is 8.44. The van der Waals surface area contributed by atoms with Crippen LogP contribution in [0.4, 0.5) is 11.4 Å². The second-order valence-electron chi connectivity index (χ2n) is 5.54. The number of furan rings is 1. The first-order valence-electron chi connectivity index (χ1n) is 7.68. The lowest BCUT2D eigenvalue weighted by Crippen LogP contribution is -1.92.